The van der Waals surface area contributed by atoms with E-state index >= 15 is 0 Å². The van der Waals surface area contributed by atoms with Gasteiger partial charge >= 0.3 is 7.82 Å². The fourth-order valence-corrected chi connectivity index (χ4v) is 7.28. The number of hydrogen-bond donors (Lipinski definition) is 0. The normalized spacial score (nSPS) is 12.1. The van der Waals surface area contributed by atoms with Gasteiger partial charge in [-0.15, -0.1) is 19.7 Å². The predicted octanol–water partition coefficient (Wildman–Crippen LogP) is 3.18. The lowest BCUT2D eigenvalue weighted by Gasteiger charge is -2.23. The Morgan fingerprint density at radius 1 is 0.824 bits per heavy atom. The summed E-state index contributed by atoms with van der Waals surface area (Å²) in [6.07, 6.45) is 0. The Kier molecular flexibility index (Phi) is 8.14. The van der Waals surface area contributed by atoms with Crippen LogP contribution in [-0.4, -0.2) is 27.1 Å². The molecule has 0 saturated heterocycles. The predicted molar refractivity (Wildman–Crippen MR) is 76.3 cm³/mol. The third-order valence-electron chi connectivity index (χ3n) is 1.63. The van der Waals surface area contributed by atoms with Crippen molar-refractivity contribution in [1.29, 1.82) is 0 Å². The molecule has 0 aromatic heterocycles. The molecule has 0 aliphatic rings. The number of rotatable bonds is 9. The van der Waals surface area contributed by atoms with Crippen LogP contribution >= 0.6 is 7.82 Å². The van der Waals surface area contributed by atoms with Gasteiger partial charge in [-0.3, -0.25) is 0 Å². The van der Waals surface area contributed by atoms with Crippen molar-refractivity contribution in [2.45, 2.75) is 19.6 Å². The van der Waals surface area contributed by atoms with Crippen molar-refractivity contribution in [1.82, 2.24) is 0 Å². The van der Waals surface area contributed by atoms with Crippen molar-refractivity contribution in [3.63, 3.8) is 0 Å². The summed E-state index contributed by atoms with van der Waals surface area (Å²) in [5.74, 6) is 0. The molecule has 0 fully saturated rings. The molecular weight excluding hydrogens is 287 g/mol. The van der Waals surface area contributed by atoms with Gasteiger partial charge in [-0.25, -0.2) is 4.57 Å². The Bertz CT molecular complexity index is 276. The summed E-state index contributed by atoms with van der Waals surface area (Å²) in [6.45, 7) is 16.3. The SMILES string of the molecule is C=C[Si](C)OP(=O)(O[Si](C)C=C)O[Si](C)C=C. The maximum absolute atomic E-state index is 12.4. The Morgan fingerprint density at radius 2 is 1.06 bits per heavy atom. The molecule has 0 bridgehead atoms. The van der Waals surface area contributed by atoms with Gasteiger partial charge in [-0.1, -0.05) is 17.1 Å². The van der Waals surface area contributed by atoms with Crippen molar-refractivity contribution < 1.29 is 17.2 Å². The van der Waals surface area contributed by atoms with Gasteiger partial charge in [0.15, 0.2) is 0 Å². The molecule has 0 unspecified atom stereocenters. The molecule has 0 heterocycles. The van der Waals surface area contributed by atoms with E-state index in [0.29, 0.717) is 0 Å². The molecule has 4 nitrogen and oxygen atoms in total. The molecular formula is C9H18O4PSi3. The Hall–Kier alpha value is -0.0194. The first-order chi connectivity index (χ1) is 7.86. The van der Waals surface area contributed by atoms with E-state index in [2.05, 4.69) is 19.7 Å². The van der Waals surface area contributed by atoms with Gasteiger partial charge in [-0.2, -0.15) is 0 Å². The van der Waals surface area contributed by atoms with Gasteiger partial charge in [-0.05, 0) is 19.6 Å². The highest BCUT2D eigenvalue weighted by molar-refractivity contribution is 7.52. The summed E-state index contributed by atoms with van der Waals surface area (Å²) in [4.78, 5) is 0. The molecule has 17 heavy (non-hydrogen) atoms. The van der Waals surface area contributed by atoms with E-state index < -0.39 is 34.9 Å². The summed E-state index contributed by atoms with van der Waals surface area (Å²) >= 11 is 0. The fraction of sp³-hybridized carbons (Fsp3) is 0.333. The van der Waals surface area contributed by atoms with E-state index in [1.165, 1.54) is 0 Å². The van der Waals surface area contributed by atoms with Crippen LogP contribution in [0.5, 0.6) is 0 Å². The maximum Gasteiger partial charge on any atom is 0.445 e. The highest BCUT2D eigenvalue weighted by atomic mass is 31.2. The summed E-state index contributed by atoms with van der Waals surface area (Å²) in [5.41, 5.74) is 4.90. The molecule has 0 amide bonds. The Balaban J connectivity index is 4.78. The second-order valence-electron chi connectivity index (χ2n) is 3.17. The first-order valence-corrected chi connectivity index (χ1v) is 12.4. The monoisotopic (exact) mass is 305 g/mol. The van der Waals surface area contributed by atoms with E-state index in [1.54, 1.807) is 17.1 Å². The molecule has 0 aliphatic carbocycles. The van der Waals surface area contributed by atoms with Crippen LogP contribution in [0.3, 0.4) is 0 Å². The summed E-state index contributed by atoms with van der Waals surface area (Å²) in [7, 11) is -7.65. The van der Waals surface area contributed by atoms with Crippen LogP contribution in [0.4, 0.5) is 0 Å². The fourth-order valence-electron chi connectivity index (χ4n) is 0.697. The minimum absolute atomic E-state index is 1.38. The average Bonchev–Trinajstić information content (AvgIpc) is 2.27. The first kappa shape index (κ1) is 17.0. The lowest BCUT2D eigenvalue weighted by molar-refractivity contribution is 0.309. The van der Waals surface area contributed by atoms with Gasteiger partial charge < -0.3 is 12.6 Å². The molecule has 3 radical (unpaired) electrons. The third kappa shape index (κ3) is 7.10. The molecule has 8 heteroatoms. The van der Waals surface area contributed by atoms with Crippen molar-refractivity contribution in [3.8, 4) is 0 Å². The third-order valence-corrected chi connectivity index (χ3v) is 9.49. The zero-order chi connectivity index (χ0) is 13.5. The largest absolute Gasteiger partial charge is 0.445 e. The quantitative estimate of drug-likeness (QED) is 0.485. The summed E-state index contributed by atoms with van der Waals surface area (Å²) in [6, 6.07) is 0. The Labute approximate surface area is 109 Å². The van der Waals surface area contributed by atoms with Gasteiger partial charge in [0.05, 0.1) is 0 Å². The standard InChI is InChI=1S/C9H18O4PSi3/c1-7-15(4)11-14(10,12-16(5)8-2)13-17(6)9-3/h7-9H,1-3H2,4-6H3. The van der Waals surface area contributed by atoms with Crippen LogP contribution in [0.2, 0.25) is 19.6 Å². The molecule has 0 aliphatic heterocycles. The lowest BCUT2D eigenvalue weighted by Crippen LogP contribution is -2.20. The topological polar surface area (TPSA) is 44.8 Å². The van der Waals surface area contributed by atoms with Crippen molar-refractivity contribution in [2.24, 2.45) is 0 Å². The van der Waals surface area contributed by atoms with Crippen molar-refractivity contribution in [3.05, 3.63) is 36.8 Å². The van der Waals surface area contributed by atoms with Gasteiger partial charge in [0.25, 0.3) is 0 Å². The van der Waals surface area contributed by atoms with Crippen LogP contribution in [0.15, 0.2) is 36.8 Å². The molecule has 95 valence electrons. The summed E-state index contributed by atoms with van der Waals surface area (Å²) in [5, 5.41) is 0. The first-order valence-electron chi connectivity index (χ1n) is 4.93. The molecule has 0 N–H and O–H groups in total. The van der Waals surface area contributed by atoms with Crippen molar-refractivity contribution >= 4 is 34.9 Å². The van der Waals surface area contributed by atoms with E-state index in [1.807, 2.05) is 19.6 Å². The summed E-state index contributed by atoms with van der Waals surface area (Å²) < 4.78 is 28.5. The number of phosphoric acid groups is 1. The zero-order valence-electron chi connectivity index (χ0n) is 10.4. The smallest absolute Gasteiger partial charge is 0.326 e. The van der Waals surface area contributed by atoms with Crippen LogP contribution in [0.25, 0.3) is 0 Å². The minimum atomic E-state index is -3.52. The molecule has 0 saturated carbocycles. The van der Waals surface area contributed by atoms with Gasteiger partial charge in [0.2, 0.25) is 27.1 Å². The van der Waals surface area contributed by atoms with E-state index in [-0.39, 0.29) is 0 Å². The van der Waals surface area contributed by atoms with Crippen LogP contribution < -0.4 is 0 Å². The van der Waals surface area contributed by atoms with E-state index in [9.17, 15) is 4.57 Å². The molecule has 0 aromatic rings. The highest BCUT2D eigenvalue weighted by Gasteiger charge is 2.32. The molecule has 0 rings (SSSR count). The highest BCUT2D eigenvalue weighted by Crippen LogP contribution is 2.51. The molecule has 0 aromatic carbocycles. The molecule has 0 atom stereocenters. The minimum Gasteiger partial charge on any atom is -0.326 e. The van der Waals surface area contributed by atoms with Crippen LogP contribution in [-0.2, 0) is 17.2 Å². The van der Waals surface area contributed by atoms with Crippen LogP contribution in [0.1, 0.15) is 0 Å². The lowest BCUT2D eigenvalue weighted by atomic mass is 11.3. The van der Waals surface area contributed by atoms with Crippen LogP contribution in [0, 0.1) is 0 Å². The molecule has 0 spiro atoms. The zero-order valence-corrected chi connectivity index (χ0v) is 14.3. The van der Waals surface area contributed by atoms with Crippen molar-refractivity contribution in [2.75, 3.05) is 0 Å². The van der Waals surface area contributed by atoms with E-state index in [0.717, 1.165) is 0 Å². The second-order valence-corrected chi connectivity index (χ2v) is 11.1. The van der Waals surface area contributed by atoms with Gasteiger partial charge in [0, 0.05) is 0 Å². The maximum atomic E-state index is 12.4. The second kappa shape index (κ2) is 8.15. The Morgan fingerprint density at radius 3 is 1.24 bits per heavy atom. The number of hydrogen-bond acceptors (Lipinski definition) is 4. The van der Waals surface area contributed by atoms with Gasteiger partial charge in [0.1, 0.15) is 0 Å². The van der Waals surface area contributed by atoms with E-state index in [4.69, 9.17) is 12.6 Å². The average molecular weight is 305 g/mol.